The van der Waals surface area contributed by atoms with Crippen molar-refractivity contribution in [1.82, 2.24) is 4.98 Å². The fraction of sp³-hybridized carbons (Fsp3) is 0.583. The second kappa shape index (κ2) is 5.43. The smallest absolute Gasteiger partial charge is 0.238 e. The molecule has 0 unspecified atom stereocenters. The van der Waals surface area contributed by atoms with Gasteiger partial charge in [0.1, 0.15) is 5.03 Å². The van der Waals surface area contributed by atoms with E-state index in [4.69, 9.17) is 10.5 Å². The lowest BCUT2D eigenvalue weighted by Crippen LogP contribution is -2.08. The molecule has 0 aliphatic carbocycles. The average molecular weight is 240 g/mol. The molecule has 0 saturated carbocycles. The van der Waals surface area contributed by atoms with E-state index in [0.717, 1.165) is 11.4 Å². The zero-order valence-corrected chi connectivity index (χ0v) is 11.2. The summed E-state index contributed by atoms with van der Waals surface area (Å²) in [6.45, 7) is 9.18. The number of rotatable bonds is 4. The molecule has 2 N–H and O–H groups in total. The highest BCUT2D eigenvalue weighted by Crippen LogP contribution is 2.32. The third-order valence-electron chi connectivity index (χ3n) is 1.72. The molecular weight excluding hydrogens is 220 g/mol. The van der Waals surface area contributed by atoms with Gasteiger partial charge in [-0.15, -0.1) is 11.8 Å². The fourth-order valence-corrected chi connectivity index (χ4v) is 2.01. The van der Waals surface area contributed by atoms with Crippen LogP contribution < -0.4 is 10.5 Å². The molecule has 0 aromatic carbocycles. The number of nitrogens with zero attached hydrogens (tertiary/aromatic N) is 1. The predicted molar refractivity (Wildman–Crippen MR) is 70.0 cm³/mol. The molecule has 1 heterocycles. The molecule has 0 fully saturated rings. The van der Waals surface area contributed by atoms with Crippen LogP contribution in [0.1, 0.15) is 34.1 Å². The van der Waals surface area contributed by atoms with E-state index < -0.39 is 0 Å². The highest BCUT2D eigenvalue weighted by atomic mass is 32.2. The Labute approximate surface area is 102 Å². The highest BCUT2D eigenvalue weighted by molar-refractivity contribution is 8.00. The Bertz CT molecular complexity index is 347. The van der Waals surface area contributed by atoms with E-state index in [1.54, 1.807) is 11.8 Å². The molecular formula is C12H20N2OS. The van der Waals surface area contributed by atoms with Crippen molar-refractivity contribution >= 4 is 17.4 Å². The lowest BCUT2D eigenvalue weighted by Gasteiger charge is -2.17. The SMILES string of the molecule is CCCOc1nc(SC(C)(C)C)ccc1N. The first-order chi connectivity index (χ1) is 7.42. The lowest BCUT2D eigenvalue weighted by atomic mass is 10.3. The van der Waals surface area contributed by atoms with Gasteiger partial charge in [0.2, 0.25) is 5.88 Å². The van der Waals surface area contributed by atoms with Crippen LogP contribution in [0.3, 0.4) is 0 Å². The maximum absolute atomic E-state index is 5.80. The Morgan fingerprint density at radius 1 is 1.38 bits per heavy atom. The summed E-state index contributed by atoms with van der Waals surface area (Å²) in [6, 6.07) is 3.79. The molecule has 0 aliphatic heterocycles. The van der Waals surface area contributed by atoms with E-state index in [-0.39, 0.29) is 4.75 Å². The Hall–Kier alpha value is -0.900. The normalized spacial score (nSPS) is 11.5. The summed E-state index contributed by atoms with van der Waals surface area (Å²) in [6.07, 6.45) is 0.956. The molecule has 0 spiro atoms. The minimum absolute atomic E-state index is 0.144. The first-order valence-corrected chi connectivity index (χ1v) is 6.32. The van der Waals surface area contributed by atoms with Gasteiger partial charge < -0.3 is 10.5 Å². The number of aromatic nitrogens is 1. The van der Waals surface area contributed by atoms with Crippen molar-refractivity contribution < 1.29 is 4.74 Å². The number of pyridine rings is 1. The standard InChI is InChI=1S/C12H20N2OS/c1-5-8-15-11-9(13)6-7-10(14-11)16-12(2,3)4/h6-7H,5,8,13H2,1-4H3. The fourth-order valence-electron chi connectivity index (χ4n) is 1.12. The molecule has 4 heteroatoms. The van der Waals surface area contributed by atoms with Crippen LogP contribution in [0.4, 0.5) is 5.69 Å². The van der Waals surface area contributed by atoms with Gasteiger partial charge >= 0.3 is 0 Å². The number of nitrogens with two attached hydrogens (primary N) is 1. The summed E-state index contributed by atoms with van der Waals surface area (Å²) in [4.78, 5) is 4.41. The number of ether oxygens (including phenoxy) is 1. The monoisotopic (exact) mass is 240 g/mol. The molecule has 1 rings (SSSR count). The van der Waals surface area contributed by atoms with Crippen LogP contribution in [0.15, 0.2) is 17.2 Å². The van der Waals surface area contributed by atoms with Crippen molar-refractivity contribution in [1.29, 1.82) is 0 Å². The molecule has 16 heavy (non-hydrogen) atoms. The van der Waals surface area contributed by atoms with Crippen LogP contribution in [-0.2, 0) is 0 Å². The molecule has 1 aromatic heterocycles. The molecule has 0 bridgehead atoms. The number of thioether (sulfide) groups is 1. The van der Waals surface area contributed by atoms with Gasteiger partial charge in [0.25, 0.3) is 0 Å². The summed E-state index contributed by atoms with van der Waals surface area (Å²) in [5.74, 6) is 0.552. The molecule has 1 aromatic rings. The first kappa shape index (κ1) is 13.2. The zero-order chi connectivity index (χ0) is 12.2. The van der Waals surface area contributed by atoms with Gasteiger partial charge in [0.15, 0.2) is 0 Å². The minimum Gasteiger partial charge on any atom is -0.476 e. The second-order valence-corrected chi connectivity index (χ2v) is 6.45. The van der Waals surface area contributed by atoms with Crippen molar-refractivity contribution in [3.8, 4) is 5.88 Å². The molecule has 90 valence electrons. The van der Waals surface area contributed by atoms with Crippen LogP contribution in [0.25, 0.3) is 0 Å². The van der Waals surface area contributed by atoms with Crippen molar-refractivity contribution in [3.63, 3.8) is 0 Å². The van der Waals surface area contributed by atoms with Gasteiger partial charge in [-0.2, -0.15) is 0 Å². The predicted octanol–water partition coefficient (Wildman–Crippen LogP) is 3.34. The van der Waals surface area contributed by atoms with E-state index in [0.29, 0.717) is 18.2 Å². The van der Waals surface area contributed by atoms with Crippen molar-refractivity contribution in [3.05, 3.63) is 12.1 Å². The second-order valence-electron chi connectivity index (χ2n) is 4.61. The number of nitrogen functional groups attached to an aromatic ring is 1. The van der Waals surface area contributed by atoms with Crippen LogP contribution in [0, 0.1) is 0 Å². The van der Waals surface area contributed by atoms with E-state index in [2.05, 4.69) is 32.7 Å². The third-order valence-corrected chi connectivity index (χ3v) is 2.77. The Kier molecular flexibility index (Phi) is 4.47. The topological polar surface area (TPSA) is 48.1 Å². The summed E-state index contributed by atoms with van der Waals surface area (Å²) in [5, 5.41) is 0.952. The van der Waals surface area contributed by atoms with E-state index >= 15 is 0 Å². The van der Waals surface area contributed by atoms with Gasteiger partial charge in [0, 0.05) is 4.75 Å². The van der Waals surface area contributed by atoms with Crippen LogP contribution >= 0.6 is 11.8 Å². The molecule has 0 radical (unpaired) electrons. The summed E-state index contributed by atoms with van der Waals surface area (Å²) >= 11 is 1.71. The van der Waals surface area contributed by atoms with Crippen molar-refractivity contribution in [2.45, 2.75) is 43.9 Å². The van der Waals surface area contributed by atoms with E-state index in [1.807, 2.05) is 12.1 Å². The van der Waals surface area contributed by atoms with E-state index in [9.17, 15) is 0 Å². The minimum atomic E-state index is 0.144. The number of anilines is 1. The van der Waals surface area contributed by atoms with Crippen LogP contribution in [0.2, 0.25) is 0 Å². The number of hydrogen-bond donors (Lipinski definition) is 1. The highest BCUT2D eigenvalue weighted by Gasteiger charge is 2.14. The van der Waals surface area contributed by atoms with Crippen LogP contribution in [-0.4, -0.2) is 16.3 Å². The maximum atomic E-state index is 5.80. The Balaban J connectivity index is 2.81. The zero-order valence-electron chi connectivity index (χ0n) is 10.4. The first-order valence-electron chi connectivity index (χ1n) is 5.50. The molecule has 0 saturated heterocycles. The number of hydrogen-bond acceptors (Lipinski definition) is 4. The summed E-state index contributed by atoms with van der Waals surface area (Å²) in [5.41, 5.74) is 6.40. The maximum Gasteiger partial charge on any atom is 0.238 e. The average Bonchev–Trinajstić information content (AvgIpc) is 2.17. The third kappa shape index (κ3) is 4.31. The lowest BCUT2D eigenvalue weighted by molar-refractivity contribution is 0.305. The van der Waals surface area contributed by atoms with E-state index in [1.165, 1.54) is 0 Å². The van der Waals surface area contributed by atoms with Gasteiger partial charge in [0.05, 0.1) is 12.3 Å². The molecule has 0 aliphatic rings. The largest absolute Gasteiger partial charge is 0.476 e. The van der Waals surface area contributed by atoms with Crippen molar-refractivity contribution in [2.24, 2.45) is 0 Å². The summed E-state index contributed by atoms with van der Waals surface area (Å²) < 4.78 is 5.64. The van der Waals surface area contributed by atoms with Gasteiger partial charge in [-0.05, 0) is 18.6 Å². The van der Waals surface area contributed by atoms with Crippen LogP contribution in [0.5, 0.6) is 5.88 Å². The quantitative estimate of drug-likeness (QED) is 0.820. The molecule has 0 amide bonds. The molecule has 0 atom stereocenters. The Morgan fingerprint density at radius 3 is 2.62 bits per heavy atom. The van der Waals surface area contributed by atoms with Gasteiger partial charge in [-0.3, -0.25) is 0 Å². The van der Waals surface area contributed by atoms with Crippen molar-refractivity contribution in [2.75, 3.05) is 12.3 Å². The van der Waals surface area contributed by atoms with Gasteiger partial charge in [-0.25, -0.2) is 4.98 Å². The Morgan fingerprint density at radius 2 is 2.06 bits per heavy atom. The summed E-state index contributed by atoms with van der Waals surface area (Å²) in [7, 11) is 0. The van der Waals surface area contributed by atoms with Gasteiger partial charge in [-0.1, -0.05) is 27.7 Å². The molecule has 3 nitrogen and oxygen atoms in total.